The van der Waals surface area contributed by atoms with Crippen molar-refractivity contribution in [2.75, 3.05) is 0 Å². The molecule has 5 nitrogen and oxygen atoms in total. The van der Waals surface area contributed by atoms with Gasteiger partial charge in [-0.1, -0.05) is 24.1 Å². The predicted molar refractivity (Wildman–Crippen MR) is 121 cm³/mol. The van der Waals surface area contributed by atoms with Gasteiger partial charge in [-0.3, -0.25) is 4.98 Å². The Labute approximate surface area is 182 Å². The van der Waals surface area contributed by atoms with E-state index in [1.807, 2.05) is 26.1 Å². The topological polar surface area (TPSA) is 67.6 Å². The average Bonchev–Trinajstić information content (AvgIpc) is 3.16. The van der Waals surface area contributed by atoms with Crippen LogP contribution in [0.25, 0.3) is 22.2 Å². The molecule has 2 fully saturated rings. The van der Waals surface area contributed by atoms with Gasteiger partial charge in [0.1, 0.15) is 11.6 Å². The lowest BCUT2D eigenvalue weighted by Gasteiger charge is -2.24. The van der Waals surface area contributed by atoms with Gasteiger partial charge in [-0.25, -0.2) is 4.98 Å². The molecule has 0 bridgehead atoms. The Morgan fingerprint density at radius 3 is 2.58 bits per heavy atom. The van der Waals surface area contributed by atoms with Crippen LogP contribution in [0.3, 0.4) is 0 Å². The number of benzene rings is 1. The minimum absolute atomic E-state index is 0.252. The zero-order valence-corrected chi connectivity index (χ0v) is 18.2. The molecule has 2 aliphatic rings. The van der Waals surface area contributed by atoms with Crippen LogP contribution in [0, 0.1) is 19.8 Å². The summed E-state index contributed by atoms with van der Waals surface area (Å²) in [7, 11) is 0. The van der Waals surface area contributed by atoms with Gasteiger partial charge in [-0.05, 0) is 80.8 Å². The monoisotopic (exact) mass is 412 g/mol. The molecule has 5 heteroatoms. The molecule has 6 rings (SSSR count). The molecular formula is C26H28N4O. The molecule has 1 unspecified atom stereocenters. The number of hydrogen-bond donors (Lipinski definition) is 1. The summed E-state index contributed by atoms with van der Waals surface area (Å²) in [5.74, 6) is 3.43. The molecule has 2 aliphatic carbocycles. The summed E-state index contributed by atoms with van der Waals surface area (Å²) in [4.78, 5) is 13.6. The van der Waals surface area contributed by atoms with Crippen molar-refractivity contribution >= 4 is 11.0 Å². The van der Waals surface area contributed by atoms with Crippen molar-refractivity contribution in [3.63, 3.8) is 0 Å². The fourth-order valence-electron chi connectivity index (χ4n) is 5.50. The van der Waals surface area contributed by atoms with Crippen LogP contribution in [0.5, 0.6) is 0 Å². The highest BCUT2D eigenvalue weighted by Gasteiger charge is 2.33. The van der Waals surface area contributed by atoms with Crippen LogP contribution in [-0.4, -0.2) is 20.1 Å². The molecule has 1 aromatic carbocycles. The molecular weight excluding hydrogens is 384 g/mol. The third kappa shape index (κ3) is 3.27. The normalized spacial score (nSPS) is 18.1. The minimum Gasteiger partial charge on any atom is -0.361 e. The van der Waals surface area contributed by atoms with Gasteiger partial charge in [-0.2, -0.15) is 0 Å². The van der Waals surface area contributed by atoms with Gasteiger partial charge in [0.25, 0.3) is 0 Å². The summed E-state index contributed by atoms with van der Waals surface area (Å²) >= 11 is 0. The zero-order valence-electron chi connectivity index (χ0n) is 18.2. The maximum absolute atomic E-state index is 5.51. The van der Waals surface area contributed by atoms with Gasteiger partial charge in [0.15, 0.2) is 0 Å². The molecule has 0 spiro atoms. The quantitative estimate of drug-likeness (QED) is 0.410. The highest BCUT2D eigenvalue weighted by molar-refractivity contribution is 5.87. The fourth-order valence-corrected chi connectivity index (χ4v) is 5.50. The number of aryl methyl sites for hydroxylation is 2. The molecule has 158 valence electrons. The van der Waals surface area contributed by atoms with Gasteiger partial charge in [0, 0.05) is 29.3 Å². The van der Waals surface area contributed by atoms with E-state index in [1.165, 1.54) is 44.1 Å². The van der Waals surface area contributed by atoms with E-state index < -0.39 is 0 Å². The van der Waals surface area contributed by atoms with Gasteiger partial charge >= 0.3 is 0 Å². The van der Waals surface area contributed by atoms with E-state index in [2.05, 4.69) is 34.4 Å². The fraction of sp³-hybridized carbons (Fsp3) is 0.423. The smallest absolute Gasteiger partial charge is 0.141 e. The van der Waals surface area contributed by atoms with Crippen LogP contribution in [0.4, 0.5) is 0 Å². The first kappa shape index (κ1) is 18.8. The maximum atomic E-state index is 5.51. The lowest BCUT2D eigenvalue weighted by molar-refractivity contribution is 0.393. The van der Waals surface area contributed by atoms with Crippen LogP contribution in [0.1, 0.15) is 78.9 Å². The number of nitrogens with zero attached hydrogens (tertiary/aromatic N) is 3. The molecule has 3 aromatic heterocycles. The van der Waals surface area contributed by atoms with E-state index >= 15 is 0 Å². The van der Waals surface area contributed by atoms with Gasteiger partial charge in [-0.15, -0.1) is 0 Å². The predicted octanol–water partition coefficient (Wildman–Crippen LogP) is 6.43. The number of H-pyrrole nitrogens is 1. The molecule has 1 atom stereocenters. The molecule has 0 radical (unpaired) electrons. The van der Waals surface area contributed by atoms with Crippen molar-refractivity contribution in [1.29, 1.82) is 0 Å². The summed E-state index contributed by atoms with van der Waals surface area (Å²) in [5, 5.41) is 4.21. The average molecular weight is 413 g/mol. The van der Waals surface area contributed by atoms with E-state index in [-0.39, 0.29) is 5.92 Å². The van der Waals surface area contributed by atoms with Crippen molar-refractivity contribution in [2.45, 2.75) is 64.2 Å². The Hall–Kier alpha value is -2.95. The Morgan fingerprint density at radius 1 is 1.06 bits per heavy atom. The molecule has 0 amide bonds. The largest absolute Gasteiger partial charge is 0.361 e. The van der Waals surface area contributed by atoms with E-state index in [1.54, 1.807) is 0 Å². The number of hydrogen-bond acceptors (Lipinski definition) is 4. The second-order valence-electron chi connectivity index (χ2n) is 9.33. The van der Waals surface area contributed by atoms with E-state index in [0.29, 0.717) is 11.8 Å². The zero-order chi connectivity index (χ0) is 20.9. The maximum Gasteiger partial charge on any atom is 0.141 e. The first-order chi connectivity index (χ1) is 15.2. The lowest BCUT2D eigenvalue weighted by Crippen LogP contribution is -2.14. The van der Waals surface area contributed by atoms with Crippen LogP contribution in [0.15, 0.2) is 41.1 Å². The van der Waals surface area contributed by atoms with Gasteiger partial charge in [0.2, 0.25) is 0 Å². The van der Waals surface area contributed by atoms with Crippen molar-refractivity contribution in [3.8, 4) is 11.1 Å². The Kier molecular flexibility index (Phi) is 4.44. The summed E-state index contributed by atoms with van der Waals surface area (Å²) in [6.07, 6.45) is 9.49. The van der Waals surface area contributed by atoms with Crippen LogP contribution < -0.4 is 0 Å². The number of aromatic nitrogens is 4. The Bertz CT molecular complexity index is 1210. The van der Waals surface area contributed by atoms with Crippen molar-refractivity contribution in [1.82, 2.24) is 20.1 Å². The van der Waals surface area contributed by atoms with E-state index in [0.717, 1.165) is 45.1 Å². The van der Waals surface area contributed by atoms with Crippen molar-refractivity contribution in [3.05, 3.63) is 65.1 Å². The number of rotatable bonds is 5. The molecule has 2 saturated carbocycles. The second kappa shape index (κ2) is 7.33. The highest BCUT2D eigenvalue weighted by atomic mass is 16.5. The van der Waals surface area contributed by atoms with E-state index in [9.17, 15) is 0 Å². The molecule has 0 aliphatic heterocycles. The van der Waals surface area contributed by atoms with Crippen molar-refractivity contribution in [2.24, 2.45) is 5.92 Å². The molecule has 4 aromatic rings. The van der Waals surface area contributed by atoms with E-state index in [4.69, 9.17) is 14.5 Å². The lowest BCUT2D eigenvalue weighted by atomic mass is 9.80. The highest BCUT2D eigenvalue weighted by Crippen LogP contribution is 2.46. The first-order valence-electron chi connectivity index (χ1n) is 11.6. The number of nitrogens with one attached hydrogen (secondary N) is 1. The number of fused-ring (bicyclic) bond motifs is 1. The summed E-state index contributed by atoms with van der Waals surface area (Å²) in [5.41, 5.74) is 7.86. The van der Waals surface area contributed by atoms with Crippen LogP contribution in [-0.2, 0) is 0 Å². The van der Waals surface area contributed by atoms with Crippen LogP contribution in [0.2, 0.25) is 0 Å². The molecule has 1 N–H and O–H groups in total. The summed E-state index contributed by atoms with van der Waals surface area (Å²) in [6, 6.07) is 10.9. The molecule has 0 saturated heterocycles. The number of pyridine rings is 1. The van der Waals surface area contributed by atoms with Crippen molar-refractivity contribution < 1.29 is 4.52 Å². The third-order valence-corrected chi connectivity index (χ3v) is 7.13. The SMILES string of the molecule is Cc1noc(C)c1-c1cc(C(c2ccccn2)C2CCCC2)c2nc(C3CC3)[nH]c2c1. The molecule has 3 heterocycles. The summed E-state index contributed by atoms with van der Waals surface area (Å²) in [6.45, 7) is 4.01. The van der Waals surface area contributed by atoms with Gasteiger partial charge in [0.05, 0.1) is 16.7 Å². The number of imidazole rings is 1. The number of aromatic amines is 1. The first-order valence-corrected chi connectivity index (χ1v) is 11.6. The Balaban J connectivity index is 1.60. The molecule has 31 heavy (non-hydrogen) atoms. The van der Waals surface area contributed by atoms with Crippen LogP contribution >= 0.6 is 0 Å². The van der Waals surface area contributed by atoms with Gasteiger partial charge < -0.3 is 9.51 Å². The second-order valence-corrected chi connectivity index (χ2v) is 9.33. The minimum atomic E-state index is 0.252. The third-order valence-electron chi connectivity index (χ3n) is 7.13. The Morgan fingerprint density at radius 2 is 1.90 bits per heavy atom. The summed E-state index contributed by atoms with van der Waals surface area (Å²) < 4.78 is 5.51. The standard InChI is InChI=1S/C26H28N4O/c1-15-23(16(2)31-30-15)19-13-20(25-22(14-19)28-26(29-25)18-10-11-18)24(17-7-3-4-8-17)21-9-5-6-12-27-21/h5-6,9,12-14,17-18,24H,3-4,7-8,10-11H2,1-2H3,(H,28,29).